The number of nitrogens with zero attached hydrogens (tertiary/aromatic N) is 5. The van der Waals surface area contributed by atoms with Gasteiger partial charge in [0.05, 0.1) is 29.8 Å². The number of carbonyl (C=O) groups excluding carboxylic acids is 1. The highest BCUT2D eigenvalue weighted by atomic mass is 16.5. The third kappa shape index (κ3) is 3.20. The summed E-state index contributed by atoms with van der Waals surface area (Å²) in [6, 6.07) is 1.81. The molecule has 0 spiro atoms. The van der Waals surface area contributed by atoms with E-state index < -0.39 is 0 Å². The molecule has 1 fully saturated rings. The number of hydrogen-bond donors (Lipinski definition) is 1. The molecule has 3 aromatic heterocycles. The molecular formula is C18H22N6O2. The van der Waals surface area contributed by atoms with E-state index in [1.54, 1.807) is 21.6 Å². The molecule has 1 N–H and O–H groups in total. The van der Waals surface area contributed by atoms with Crippen LogP contribution in [0.5, 0.6) is 0 Å². The number of ether oxygens (including phenoxy) is 1. The molecule has 1 amide bonds. The first-order valence-electron chi connectivity index (χ1n) is 8.81. The van der Waals surface area contributed by atoms with Crippen LogP contribution >= 0.6 is 0 Å². The van der Waals surface area contributed by atoms with Gasteiger partial charge in [0.1, 0.15) is 0 Å². The normalized spacial score (nSPS) is 20.4. The van der Waals surface area contributed by atoms with Crippen molar-refractivity contribution < 1.29 is 9.53 Å². The van der Waals surface area contributed by atoms with Crippen LogP contribution in [0, 0.1) is 12.8 Å². The minimum absolute atomic E-state index is 0.0365. The fraction of sp³-hybridized carbons (Fsp3) is 0.444. The number of aromatic nitrogens is 5. The molecule has 1 aliphatic heterocycles. The molecule has 4 rings (SSSR count). The lowest BCUT2D eigenvalue weighted by Gasteiger charge is -2.31. The SMILES string of the molecule is Cc1nc2ccnn2cc1C(=O)NC[C@@H]1CCCO[C@H]1c1cnn(C)c1. The quantitative estimate of drug-likeness (QED) is 0.770. The van der Waals surface area contributed by atoms with Crippen molar-refractivity contribution in [2.75, 3.05) is 13.2 Å². The van der Waals surface area contributed by atoms with Crippen molar-refractivity contribution in [2.45, 2.75) is 25.9 Å². The average Bonchev–Trinajstić information content (AvgIpc) is 3.27. The van der Waals surface area contributed by atoms with Crippen molar-refractivity contribution in [2.24, 2.45) is 13.0 Å². The molecule has 0 aromatic carbocycles. The summed E-state index contributed by atoms with van der Waals surface area (Å²) in [5, 5.41) is 11.4. The van der Waals surface area contributed by atoms with Crippen LogP contribution in [0.15, 0.2) is 30.9 Å². The van der Waals surface area contributed by atoms with Gasteiger partial charge in [-0.15, -0.1) is 0 Å². The van der Waals surface area contributed by atoms with Gasteiger partial charge in [-0.3, -0.25) is 9.48 Å². The van der Waals surface area contributed by atoms with E-state index >= 15 is 0 Å². The van der Waals surface area contributed by atoms with Crippen LogP contribution in [-0.4, -0.2) is 43.4 Å². The third-order valence-corrected chi connectivity index (χ3v) is 4.84. The van der Waals surface area contributed by atoms with Gasteiger partial charge in [0, 0.05) is 50.1 Å². The van der Waals surface area contributed by atoms with E-state index in [1.807, 2.05) is 32.4 Å². The molecule has 4 heterocycles. The number of nitrogens with one attached hydrogen (secondary N) is 1. The number of amides is 1. The van der Waals surface area contributed by atoms with Crippen molar-refractivity contribution in [3.8, 4) is 0 Å². The zero-order chi connectivity index (χ0) is 18.1. The van der Waals surface area contributed by atoms with Gasteiger partial charge in [-0.25, -0.2) is 9.50 Å². The van der Waals surface area contributed by atoms with E-state index in [-0.39, 0.29) is 17.9 Å². The van der Waals surface area contributed by atoms with Crippen molar-refractivity contribution in [3.63, 3.8) is 0 Å². The number of hydrogen-bond acceptors (Lipinski definition) is 5. The van der Waals surface area contributed by atoms with Gasteiger partial charge in [-0.05, 0) is 19.8 Å². The molecule has 0 aliphatic carbocycles. The molecule has 1 aliphatic rings. The summed E-state index contributed by atoms with van der Waals surface area (Å²) in [7, 11) is 1.89. The minimum Gasteiger partial charge on any atom is -0.373 e. The van der Waals surface area contributed by atoms with Crippen LogP contribution in [0.3, 0.4) is 0 Å². The highest BCUT2D eigenvalue weighted by molar-refractivity contribution is 5.95. The van der Waals surface area contributed by atoms with Gasteiger partial charge in [0.25, 0.3) is 5.91 Å². The lowest BCUT2D eigenvalue weighted by atomic mass is 9.90. The van der Waals surface area contributed by atoms with Crippen molar-refractivity contribution in [3.05, 3.63) is 47.7 Å². The van der Waals surface area contributed by atoms with Crippen molar-refractivity contribution >= 4 is 11.6 Å². The van der Waals surface area contributed by atoms with Crippen LogP contribution in [0.1, 0.15) is 40.6 Å². The third-order valence-electron chi connectivity index (χ3n) is 4.84. The monoisotopic (exact) mass is 354 g/mol. The van der Waals surface area contributed by atoms with Gasteiger partial charge in [-0.1, -0.05) is 0 Å². The predicted octanol–water partition coefficient (Wildman–Crippen LogP) is 1.67. The molecule has 0 unspecified atom stereocenters. The maximum atomic E-state index is 12.7. The Balaban J connectivity index is 1.47. The maximum Gasteiger partial charge on any atom is 0.254 e. The lowest BCUT2D eigenvalue weighted by molar-refractivity contribution is -0.0273. The molecule has 1 saturated heterocycles. The van der Waals surface area contributed by atoms with E-state index in [4.69, 9.17) is 4.74 Å². The Morgan fingerprint density at radius 1 is 1.38 bits per heavy atom. The number of carbonyl (C=O) groups is 1. The molecule has 0 radical (unpaired) electrons. The van der Waals surface area contributed by atoms with E-state index in [9.17, 15) is 4.79 Å². The smallest absolute Gasteiger partial charge is 0.254 e. The molecule has 8 heteroatoms. The van der Waals surface area contributed by atoms with Gasteiger partial charge in [-0.2, -0.15) is 10.2 Å². The minimum atomic E-state index is -0.136. The zero-order valence-electron chi connectivity index (χ0n) is 14.9. The van der Waals surface area contributed by atoms with Gasteiger partial charge in [0.15, 0.2) is 5.65 Å². The first-order chi connectivity index (χ1) is 12.6. The average molecular weight is 354 g/mol. The Hall–Kier alpha value is -2.74. The Morgan fingerprint density at radius 2 is 2.27 bits per heavy atom. The second kappa shape index (κ2) is 6.87. The summed E-state index contributed by atoms with van der Waals surface area (Å²) < 4.78 is 9.36. The molecule has 8 nitrogen and oxygen atoms in total. The first kappa shape index (κ1) is 16.7. The summed E-state index contributed by atoms with van der Waals surface area (Å²) in [5.41, 5.74) is 3.02. The Kier molecular flexibility index (Phi) is 4.42. The summed E-state index contributed by atoms with van der Waals surface area (Å²) in [4.78, 5) is 17.1. The molecule has 0 saturated carbocycles. The van der Waals surface area contributed by atoms with Crippen LogP contribution in [0.4, 0.5) is 0 Å². The summed E-state index contributed by atoms with van der Waals surface area (Å²) >= 11 is 0. The van der Waals surface area contributed by atoms with E-state index in [2.05, 4.69) is 20.5 Å². The molecule has 26 heavy (non-hydrogen) atoms. The topological polar surface area (TPSA) is 86.3 Å². The fourth-order valence-electron chi connectivity index (χ4n) is 3.49. The van der Waals surface area contributed by atoms with Crippen LogP contribution in [0.25, 0.3) is 5.65 Å². The van der Waals surface area contributed by atoms with Gasteiger partial charge >= 0.3 is 0 Å². The second-order valence-electron chi connectivity index (χ2n) is 6.73. The zero-order valence-corrected chi connectivity index (χ0v) is 14.9. The molecular weight excluding hydrogens is 332 g/mol. The summed E-state index contributed by atoms with van der Waals surface area (Å²) in [6.07, 6.45) is 9.18. The largest absolute Gasteiger partial charge is 0.373 e. The lowest BCUT2D eigenvalue weighted by Crippen LogP contribution is -2.35. The Labute approximate surface area is 151 Å². The van der Waals surface area contributed by atoms with E-state index in [1.165, 1.54) is 0 Å². The van der Waals surface area contributed by atoms with Crippen molar-refractivity contribution in [1.29, 1.82) is 0 Å². The Morgan fingerprint density at radius 3 is 3.08 bits per heavy atom. The highest BCUT2D eigenvalue weighted by Crippen LogP contribution is 2.33. The second-order valence-corrected chi connectivity index (χ2v) is 6.73. The van der Waals surface area contributed by atoms with Crippen LogP contribution < -0.4 is 5.32 Å². The van der Waals surface area contributed by atoms with Crippen molar-refractivity contribution in [1.82, 2.24) is 29.7 Å². The van der Waals surface area contributed by atoms with E-state index in [0.29, 0.717) is 17.8 Å². The van der Waals surface area contributed by atoms with Crippen LogP contribution in [-0.2, 0) is 11.8 Å². The molecule has 2 atom stereocenters. The fourth-order valence-corrected chi connectivity index (χ4v) is 3.49. The molecule has 3 aromatic rings. The van der Waals surface area contributed by atoms with Gasteiger partial charge in [0.2, 0.25) is 0 Å². The maximum absolute atomic E-state index is 12.7. The summed E-state index contributed by atoms with van der Waals surface area (Å²) in [5.74, 6) is 0.0847. The summed E-state index contributed by atoms with van der Waals surface area (Å²) in [6.45, 7) is 3.13. The highest BCUT2D eigenvalue weighted by Gasteiger charge is 2.29. The van der Waals surface area contributed by atoms with Crippen LogP contribution in [0.2, 0.25) is 0 Å². The number of fused-ring (bicyclic) bond motifs is 1. The standard InChI is InChI=1S/C18H22N6O2/c1-12-15(11-24-16(22-12)5-6-20-24)18(25)19-8-13-4-3-7-26-17(13)14-9-21-23(2)10-14/h5-6,9-11,13,17H,3-4,7-8H2,1-2H3,(H,19,25)/t13-,17+/m0/s1. The first-order valence-corrected chi connectivity index (χ1v) is 8.81. The van der Waals surface area contributed by atoms with Gasteiger partial charge < -0.3 is 10.1 Å². The number of rotatable bonds is 4. The predicted molar refractivity (Wildman–Crippen MR) is 94.7 cm³/mol. The molecule has 0 bridgehead atoms. The number of aryl methyl sites for hydroxylation is 2. The molecule has 136 valence electrons. The Bertz CT molecular complexity index is 931. The van der Waals surface area contributed by atoms with E-state index in [0.717, 1.165) is 30.7 Å².